The number of benzene rings is 2. The third kappa shape index (κ3) is 3.78. The summed E-state index contributed by atoms with van der Waals surface area (Å²) in [4.78, 5) is 15.2. The second kappa shape index (κ2) is 7.67. The van der Waals surface area contributed by atoms with E-state index in [2.05, 4.69) is 21.7 Å². The highest BCUT2D eigenvalue weighted by Crippen LogP contribution is 2.30. The molecule has 6 heteroatoms. The number of nitrogen functional groups attached to an aromatic ring is 1. The molecule has 0 fully saturated rings. The highest BCUT2D eigenvalue weighted by molar-refractivity contribution is 5.69. The molecule has 29 heavy (non-hydrogen) atoms. The van der Waals surface area contributed by atoms with Crippen molar-refractivity contribution in [1.82, 2.24) is 14.1 Å². The van der Waals surface area contributed by atoms with Gasteiger partial charge in [-0.2, -0.15) is 0 Å². The summed E-state index contributed by atoms with van der Waals surface area (Å²) in [6.45, 7) is 2.01. The molecule has 3 N–H and O–H groups in total. The highest BCUT2D eigenvalue weighted by Gasteiger charge is 2.15. The van der Waals surface area contributed by atoms with E-state index >= 15 is 0 Å². The first-order valence-corrected chi connectivity index (χ1v) is 9.40. The van der Waals surface area contributed by atoms with Crippen molar-refractivity contribution in [3.63, 3.8) is 0 Å². The maximum Gasteiger partial charge on any atom is 0.303 e. The third-order valence-corrected chi connectivity index (χ3v) is 4.98. The lowest BCUT2D eigenvalue weighted by molar-refractivity contribution is -0.136. The van der Waals surface area contributed by atoms with E-state index in [-0.39, 0.29) is 6.42 Å². The van der Waals surface area contributed by atoms with Gasteiger partial charge in [0.15, 0.2) is 0 Å². The number of aryl methyl sites for hydroxylation is 2. The summed E-state index contributed by atoms with van der Waals surface area (Å²) in [5.41, 5.74) is 12.7. The van der Waals surface area contributed by atoms with Crippen molar-refractivity contribution in [3.05, 3.63) is 84.6 Å². The highest BCUT2D eigenvalue weighted by atomic mass is 16.4. The zero-order valence-corrected chi connectivity index (χ0v) is 16.1. The minimum Gasteiger partial charge on any atom is -0.481 e. The third-order valence-electron chi connectivity index (χ3n) is 4.98. The van der Waals surface area contributed by atoms with Crippen LogP contribution in [0.4, 0.5) is 5.69 Å². The number of carboxylic acid groups (broad SMARTS) is 1. The SMILES string of the molecule is Cc1cc(N)ccc1-n1c(CCC(=O)O)ccc1-c1ccc(-n2ccnc2)cc1. The van der Waals surface area contributed by atoms with Crippen molar-refractivity contribution >= 4 is 11.7 Å². The molecule has 0 saturated carbocycles. The summed E-state index contributed by atoms with van der Waals surface area (Å²) in [5, 5.41) is 9.14. The molecule has 0 saturated heterocycles. The number of carbonyl (C=O) groups is 1. The van der Waals surface area contributed by atoms with Crippen LogP contribution >= 0.6 is 0 Å². The number of nitrogens with two attached hydrogens (primary N) is 1. The summed E-state index contributed by atoms with van der Waals surface area (Å²) in [6.07, 6.45) is 5.94. The maximum absolute atomic E-state index is 11.1. The molecule has 0 amide bonds. The first-order valence-electron chi connectivity index (χ1n) is 9.40. The van der Waals surface area contributed by atoms with Gasteiger partial charge in [-0.15, -0.1) is 0 Å². The molecule has 146 valence electrons. The number of aromatic nitrogens is 3. The molecule has 2 heterocycles. The molecule has 4 rings (SSSR count). The number of hydrogen-bond donors (Lipinski definition) is 2. The predicted octanol–water partition coefficient (Wildman–Crippen LogP) is 4.24. The molecule has 0 aliphatic heterocycles. The van der Waals surface area contributed by atoms with Gasteiger partial charge in [0.25, 0.3) is 0 Å². The van der Waals surface area contributed by atoms with Crippen LogP contribution < -0.4 is 5.73 Å². The molecular formula is C23H22N4O2. The normalized spacial score (nSPS) is 10.9. The average Bonchev–Trinajstić information content (AvgIpc) is 3.37. The molecular weight excluding hydrogens is 364 g/mol. The largest absolute Gasteiger partial charge is 0.481 e. The molecule has 0 unspecified atom stereocenters. The number of aliphatic carboxylic acids is 1. The van der Waals surface area contributed by atoms with Crippen LogP contribution in [0, 0.1) is 6.92 Å². The van der Waals surface area contributed by atoms with Crippen LogP contribution in [-0.4, -0.2) is 25.2 Å². The maximum atomic E-state index is 11.1. The molecule has 0 radical (unpaired) electrons. The van der Waals surface area contributed by atoms with Gasteiger partial charge in [-0.3, -0.25) is 4.79 Å². The van der Waals surface area contributed by atoms with Gasteiger partial charge < -0.3 is 20.0 Å². The predicted molar refractivity (Wildman–Crippen MR) is 113 cm³/mol. The smallest absolute Gasteiger partial charge is 0.303 e. The zero-order valence-electron chi connectivity index (χ0n) is 16.1. The van der Waals surface area contributed by atoms with Crippen LogP contribution in [0.15, 0.2) is 73.3 Å². The van der Waals surface area contributed by atoms with E-state index in [0.29, 0.717) is 12.1 Å². The molecule has 0 atom stereocenters. The van der Waals surface area contributed by atoms with Gasteiger partial charge in [-0.25, -0.2) is 4.98 Å². The van der Waals surface area contributed by atoms with Crippen molar-refractivity contribution in [2.45, 2.75) is 19.8 Å². The average molecular weight is 386 g/mol. The number of carboxylic acids is 1. The minimum absolute atomic E-state index is 0.0804. The van der Waals surface area contributed by atoms with Gasteiger partial charge in [0.2, 0.25) is 0 Å². The van der Waals surface area contributed by atoms with E-state index in [1.165, 1.54) is 0 Å². The minimum atomic E-state index is -0.807. The number of rotatable bonds is 6. The molecule has 0 aliphatic carbocycles. The molecule has 6 nitrogen and oxygen atoms in total. The van der Waals surface area contributed by atoms with E-state index in [9.17, 15) is 4.79 Å². The fourth-order valence-electron chi connectivity index (χ4n) is 3.56. The molecule has 4 aromatic rings. The topological polar surface area (TPSA) is 86.1 Å². The van der Waals surface area contributed by atoms with Crippen LogP contribution in [0.3, 0.4) is 0 Å². The van der Waals surface area contributed by atoms with E-state index in [1.54, 1.807) is 12.5 Å². The Balaban J connectivity index is 1.79. The second-order valence-electron chi connectivity index (χ2n) is 7.00. The lowest BCUT2D eigenvalue weighted by Crippen LogP contribution is -2.07. The Kier molecular flexibility index (Phi) is 4.91. The zero-order chi connectivity index (χ0) is 20.4. The van der Waals surface area contributed by atoms with Crippen LogP contribution in [0.1, 0.15) is 17.7 Å². The summed E-state index contributed by atoms with van der Waals surface area (Å²) in [7, 11) is 0. The number of imidazole rings is 1. The fourth-order valence-corrected chi connectivity index (χ4v) is 3.56. The van der Waals surface area contributed by atoms with Crippen LogP contribution in [0.5, 0.6) is 0 Å². The molecule has 0 aliphatic rings. The summed E-state index contributed by atoms with van der Waals surface area (Å²) in [5.74, 6) is -0.807. The molecule has 0 bridgehead atoms. The number of nitrogens with zero attached hydrogens (tertiary/aromatic N) is 3. The Morgan fingerprint density at radius 2 is 1.90 bits per heavy atom. The van der Waals surface area contributed by atoms with Crippen molar-refractivity contribution in [1.29, 1.82) is 0 Å². The fraction of sp³-hybridized carbons (Fsp3) is 0.130. The van der Waals surface area contributed by atoms with Crippen molar-refractivity contribution in [3.8, 4) is 22.6 Å². The first-order chi connectivity index (χ1) is 14.0. The van der Waals surface area contributed by atoms with Crippen molar-refractivity contribution in [2.24, 2.45) is 0 Å². The van der Waals surface area contributed by atoms with E-state index < -0.39 is 5.97 Å². The Morgan fingerprint density at radius 3 is 2.55 bits per heavy atom. The summed E-state index contributed by atoms with van der Waals surface area (Å²) < 4.78 is 4.08. The molecule has 2 aromatic heterocycles. The van der Waals surface area contributed by atoms with Gasteiger partial charge in [0.05, 0.1) is 18.4 Å². The monoisotopic (exact) mass is 386 g/mol. The van der Waals surface area contributed by atoms with Gasteiger partial charge in [-0.1, -0.05) is 12.1 Å². The first kappa shape index (κ1) is 18.6. The lowest BCUT2D eigenvalue weighted by Gasteiger charge is -2.17. The van der Waals surface area contributed by atoms with Crippen LogP contribution in [-0.2, 0) is 11.2 Å². The Morgan fingerprint density at radius 1 is 1.10 bits per heavy atom. The molecule has 0 spiro atoms. The Bertz CT molecular complexity index is 1140. The van der Waals surface area contributed by atoms with Crippen molar-refractivity contribution < 1.29 is 9.90 Å². The number of anilines is 1. The van der Waals surface area contributed by atoms with E-state index in [0.717, 1.165) is 33.9 Å². The van der Waals surface area contributed by atoms with E-state index in [4.69, 9.17) is 10.8 Å². The van der Waals surface area contributed by atoms with E-state index in [1.807, 2.05) is 60.2 Å². The van der Waals surface area contributed by atoms with Gasteiger partial charge in [-0.05, 0) is 66.9 Å². The second-order valence-corrected chi connectivity index (χ2v) is 7.00. The van der Waals surface area contributed by atoms with Crippen LogP contribution in [0.25, 0.3) is 22.6 Å². The standard InChI is InChI=1S/C23H22N4O2/c1-16-14-18(24)4-9-21(16)27-20(8-11-23(28)29)7-10-22(27)17-2-5-19(6-3-17)26-13-12-25-15-26/h2-7,9-10,12-15H,8,11,24H2,1H3,(H,28,29). The number of hydrogen-bond acceptors (Lipinski definition) is 3. The Hall–Kier alpha value is -3.80. The van der Waals surface area contributed by atoms with Crippen molar-refractivity contribution in [2.75, 3.05) is 5.73 Å². The summed E-state index contributed by atoms with van der Waals surface area (Å²) in [6, 6.07) is 18.0. The lowest BCUT2D eigenvalue weighted by atomic mass is 10.1. The van der Waals surface area contributed by atoms with Gasteiger partial charge >= 0.3 is 5.97 Å². The quantitative estimate of drug-likeness (QED) is 0.485. The van der Waals surface area contributed by atoms with Gasteiger partial charge in [0.1, 0.15) is 0 Å². The van der Waals surface area contributed by atoms with Gasteiger partial charge in [0, 0.05) is 35.1 Å². The van der Waals surface area contributed by atoms with Crippen LogP contribution in [0.2, 0.25) is 0 Å². The molecule has 2 aromatic carbocycles. The Labute approximate surface area is 168 Å². The summed E-state index contributed by atoms with van der Waals surface area (Å²) >= 11 is 0.